The van der Waals surface area contributed by atoms with Crippen LogP contribution in [0.5, 0.6) is 0 Å². The molecule has 3 unspecified atom stereocenters. The van der Waals surface area contributed by atoms with Crippen LogP contribution in [0.4, 0.5) is 52.7 Å². The van der Waals surface area contributed by atoms with Gasteiger partial charge in [-0.3, -0.25) is 4.55 Å². The summed E-state index contributed by atoms with van der Waals surface area (Å²) in [5.41, 5.74) is -12.7. The minimum Gasteiger partial charge on any atom is -0.376 e. The Balaban J connectivity index is 2.20. The van der Waals surface area contributed by atoms with Crippen LogP contribution in [0.2, 0.25) is 0 Å². The molecule has 7 nitrogen and oxygen atoms in total. The maximum absolute atomic E-state index is 16.8. The van der Waals surface area contributed by atoms with Gasteiger partial charge in [0.2, 0.25) is 5.60 Å². The van der Waals surface area contributed by atoms with Crippen molar-refractivity contribution in [3.05, 3.63) is 52.3 Å². The van der Waals surface area contributed by atoms with Crippen molar-refractivity contribution in [3.8, 4) is 0 Å². The predicted molar refractivity (Wildman–Crippen MR) is 161 cm³/mol. The number of halogens is 12. The summed E-state index contributed by atoms with van der Waals surface area (Å²) in [7, 11) is -5.35. The van der Waals surface area contributed by atoms with E-state index in [4.69, 9.17) is 9.47 Å². The predicted octanol–water partition coefficient (Wildman–Crippen LogP) is 9.10. The molecule has 20 heteroatoms. The summed E-state index contributed by atoms with van der Waals surface area (Å²) in [6, 6.07) is 2.90. The van der Waals surface area contributed by atoms with Crippen LogP contribution in [0, 0.1) is 12.7 Å². The highest BCUT2D eigenvalue weighted by atomic mass is 32.2. The summed E-state index contributed by atoms with van der Waals surface area (Å²) < 4.78 is 216. The number of benzene rings is 4. The monoisotopic (exact) mass is 786 g/mol. The number of hydrogen-bond acceptors (Lipinski definition) is 6. The van der Waals surface area contributed by atoms with Gasteiger partial charge in [0.05, 0.1) is 18.8 Å². The molecule has 4 aromatic rings. The van der Waals surface area contributed by atoms with E-state index in [0.717, 1.165) is 13.0 Å². The molecule has 52 heavy (non-hydrogen) atoms. The van der Waals surface area contributed by atoms with Crippen LogP contribution in [0.15, 0.2) is 29.2 Å². The summed E-state index contributed by atoms with van der Waals surface area (Å²) in [6.45, 7) is 3.17. The zero-order valence-electron chi connectivity index (χ0n) is 27.5. The van der Waals surface area contributed by atoms with Gasteiger partial charge in [-0.1, -0.05) is 0 Å². The first-order chi connectivity index (χ1) is 23.4. The van der Waals surface area contributed by atoms with Crippen LogP contribution >= 0.6 is 0 Å². The lowest BCUT2D eigenvalue weighted by atomic mass is 9.81. The van der Waals surface area contributed by atoms with Crippen molar-refractivity contribution in [3.63, 3.8) is 0 Å². The van der Waals surface area contributed by atoms with Gasteiger partial charge in [0.15, 0.2) is 0 Å². The number of aryl methyl sites for hydroxylation is 1. The molecule has 0 saturated heterocycles. The van der Waals surface area contributed by atoms with Crippen molar-refractivity contribution < 1.29 is 85.3 Å². The fourth-order valence-corrected chi connectivity index (χ4v) is 6.91. The molecule has 3 N–H and O–H groups in total. The lowest BCUT2D eigenvalue weighted by molar-refractivity contribution is -0.371. The molecule has 3 atom stereocenters. The number of aliphatic hydroxyl groups is 2. The molecule has 0 spiro atoms. The van der Waals surface area contributed by atoms with Gasteiger partial charge >= 0.3 is 24.5 Å². The van der Waals surface area contributed by atoms with Gasteiger partial charge in [-0.05, 0) is 91.6 Å². The number of ether oxygens (including phenoxy) is 2. The third-order valence-corrected chi connectivity index (χ3v) is 10.00. The van der Waals surface area contributed by atoms with Crippen molar-refractivity contribution in [2.75, 3.05) is 13.2 Å². The van der Waals surface area contributed by atoms with Crippen LogP contribution in [0.25, 0.3) is 32.3 Å². The number of hydrogen-bond donors (Lipinski definition) is 3. The van der Waals surface area contributed by atoms with Gasteiger partial charge in [0.25, 0.3) is 15.7 Å². The Kier molecular flexibility index (Phi) is 10.4. The van der Waals surface area contributed by atoms with Crippen molar-refractivity contribution in [2.45, 2.75) is 93.8 Å². The first kappa shape index (κ1) is 41.6. The molecule has 0 aliphatic heterocycles. The van der Waals surface area contributed by atoms with Crippen molar-refractivity contribution in [1.29, 1.82) is 0 Å². The van der Waals surface area contributed by atoms with E-state index >= 15 is 13.2 Å². The largest absolute Gasteiger partial charge is 0.426 e. The second kappa shape index (κ2) is 13.0. The van der Waals surface area contributed by atoms with Gasteiger partial charge in [-0.15, -0.1) is 0 Å². The van der Waals surface area contributed by atoms with Gasteiger partial charge in [0, 0.05) is 34.9 Å². The smallest absolute Gasteiger partial charge is 0.376 e. The number of rotatable bonds is 11. The molecular weight excluding hydrogens is 756 g/mol. The topological polar surface area (TPSA) is 113 Å². The average Bonchev–Trinajstić information content (AvgIpc) is 2.97. The summed E-state index contributed by atoms with van der Waals surface area (Å²) >= 11 is 0. The fourth-order valence-electron chi connectivity index (χ4n) is 6.13. The third-order valence-electron chi connectivity index (χ3n) is 9.12. The molecular formula is C32H30F12O7S. The lowest BCUT2D eigenvalue weighted by Gasteiger charge is -2.35. The van der Waals surface area contributed by atoms with E-state index < -0.39 is 109 Å². The highest BCUT2D eigenvalue weighted by Gasteiger charge is 2.70. The Labute approximate surface area is 287 Å². The summed E-state index contributed by atoms with van der Waals surface area (Å²) in [6.07, 6.45) is -23.9. The molecule has 4 aromatic carbocycles. The molecule has 0 bridgehead atoms. The minimum atomic E-state index is -6.29. The standard InChI is InChI=1S/C32H30F12O7S/c1-6-50-14(3)18-12-17-13(2)9-21(52(47,48)49)25-24(17)23-19(18)10-16(29(34,35)27(5,45)30(36,37)38)11-20(23)22(26(25)33)15(4)51-8-7-28(46,31(39,40)41)32(42,43)44/h9-12,14-15,45-46H,6-8H2,1-5H3,(H,47,48,49). The molecule has 0 aliphatic carbocycles. The first-order valence-corrected chi connectivity index (χ1v) is 16.5. The van der Waals surface area contributed by atoms with Crippen LogP contribution < -0.4 is 0 Å². The summed E-state index contributed by atoms with van der Waals surface area (Å²) in [4.78, 5) is -1.10. The molecule has 0 amide bonds. The minimum absolute atomic E-state index is 0.00896. The van der Waals surface area contributed by atoms with E-state index in [2.05, 4.69) is 0 Å². The SMILES string of the molecule is CCOC(C)c1cc2c(C)cc(S(=O)(=O)O)c3c(F)c(C(C)OCCC(O)(C(F)(F)F)C(F)(F)F)c4cc(C(F)(F)C(C)(O)C(F)(F)F)cc1c4c23. The Morgan fingerprint density at radius 2 is 1.29 bits per heavy atom. The highest BCUT2D eigenvalue weighted by molar-refractivity contribution is 7.86. The Morgan fingerprint density at radius 3 is 1.77 bits per heavy atom. The molecule has 0 fully saturated rings. The normalized spacial score (nSPS) is 16.6. The van der Waals surface area contributed by atoms with Gasteiger partial charge in [-0.25, -0.2) is 4.39 Å². The van der Waals surface area contributed by atoms with E-state index in [0.29, 0.717) is 12.1 Å². The number of alkyl halides is 11. The molecule has 0 saturated carbocycles. The van der Waals surface area contributed by atoms with Crippen molar-refractivity contribution in [1.82, 2.24) is 0 Å². The van der Waals surface area contributed by atoms with Crippen LogP contribution in [-0.2, 0) is 25.5 Å². The Hall–Kier alpha value is -3.17. The van der Waals surface area contributed by atoms with E-state index in [9.17, 15) is 62.7 Å². The summed E-state index contributed by atoms with van der Waals surface area (Å²) in [5.74, 6) is -6.94. The second-order valence-electron chi connectivity index (χ2n) is 12.5. The first-order valence-electron chi connectivity index (χ1n) is 15.1. The second-order valence-corrected chi connectivity index (χ2v) is 13.9. The zero-order chi connectivity index (χ0) is 39.9. The van der Waals surface area contributed by atoms with Crippen molar-refractivity contribution in [2.24, 2.45) is 0 Å². The Bertz CT molecular complexity index is 2090. The van der Waals surface area contributed by atoms with Crippen LogP contribution in [-0.4, -0.2) is 66.1 Å². The Morgan fingerprint density at radius 1 is 0.750 bits per heavy atom. The maximum atomic E-state index is 16.8. The van der Waals surface area contributed by atoms with Crippen LogP contribution in [0.1, 0.15) is 68.6 Å². The fraction of sp³-hybridized carbons (Fsp3) is 0.500. The molecule has 0 heterocycles. The molecule has 4 rings (SSSR count). The third kappa shape index (κ3) is 6.52. The van der Waals surface area contributed by atoms with Crippen molar-refractivity contribution >= 4 is 42.4 Å². The van der Waals surface area contributed by atoms with E-state index in [1.54, 1.807) is 0 Å². The van der Waals surface area contributed by atoms with Gasteiger partial charge in [-0.2, -0.15) is 56.7 Å². The summed E-state index contributed by atoms with van der Waals surface area (Å²) in [5, 5.41) is 16.9. The van der Waals surface area contributed by atoms with Gasteiger partial charge in [0.1, 0.15) is 10.7 Å². The zero-order valence-corrected chi connectivity index (χ0v) is 28.3. The quantitative estimate of drug-likeness (QED) is 0.0790. The van der Waals surface area contributed by atoms with E-state index in [1.807, 2.05) is 0 Å². The maximum Gasteiger partial charge on any atom is 0.426 e. The highest BCUT2D eigenvalue weighted by Crippen LogP contribution is 2.53. The molecule has 0 aliphatic rings. The van der Waals surface area contributed by atoms with Gasteiger partial charge < -0.3 is 19.7 Å². The molecule has 290 valence electrons. The lowest BCUT2D eigenvalue weighted by Crippen LogP contribution is -2.57. The molecule has 0 aromatic heterocycles. The van der Waals surface area contributed by atoms with E-state index in [-0.39, 0.29) is 40.8 Å². The molecule has 0 radical (unpaired) electrons. The van der Waals surface area contributed by atoms with E-state index in [1.165, 1.54) is 26.8 Å². The van der Waals surface area contributed by atoms with Crippen LogP contribution in [0.3, 0.4) is 0 Å². The average molecular weight is 787 g/mol.